The minimum Gasteiger partial charge on any atom is -0.399 e. The molecule has 1 unspecified atom stereocenters. The van der Waals surface area contributed by atoms with Crippen molar-refractivity contribution in [3.63, 3.8) is 0 Å². The normalized spacial score (nSPS) is 14.1. The lowest BCUT2D eigenvalue weighted by Gasteiger charge is -2.27. The van der Waals surface area contributed by atoms with E-state index >= 15 is 0 Å². The fraction of sp³-hybridized carbons (Fsp3) is 0.462. The first-order chi connectivity index (χ1) is 7.91. The molecule has 0 aromatic heterocycles. The van der Waals surface area contributed by atoms with Gasteiger partial charge in [0.05, 0.1) is 12.1 Å². The predicted octanol–water partition coefficient (Wildman–Crippen LogP) is 1.47. The van der Waals surface area contributed by atoms with Crippen molar-refractivity contribution in [3.8, 4) is 0 Å². The average molecular weight is 236 g/mol. The van der Waals surface area contributed by atoms with E-state index in [9.17, 15) is 9.90 Å². The van der Waals surface area contributed by atoms with E-state index in [1.807, 2.05) is 20.8 Å². The van der Waals surface area contributed by atoms with Crippen molar-refractivity contribution >= 4 is 11.6 Å². The first-order valence-corrected chi connectivity index (χ1v) is 5.71. The number of anilines is 1. The van der Waals surface area contributed by atoms with Crippen LogP contribution in [0.1, 0.15) is 36.2 Å². The quantitative estimate of drug-likeness (QED) is 0.693. The number of amides is 1. The SMILES string of the molecule is CCC(C)(CO)NC(=O)c1ccc(N)cc1C. The van der Waals surface area contributed by atoms with Gasteiger partial charge >= 0.3 is 0 Å². The third-order valence-electron chi connectivity index (χ3n) is 3.04. The molecule has 1 atom stereocenters. The van der Waals surface area contributed by atoms with Crippen molar-refractivity contribution in [2.75, 3.05) is 12.3 Å². The van der Waals surface area contributed by atoms with Gasteiger partial charge in [0.15, 0.2) is 0 Å². The molecule has 1 amide bonds. The van der Waals surface area contributed by atoms with Crippen LogP contribution in [0.25, 0.3) is 0 Å². The maximum Gasteiger partial charge on any atom is 0.252 e. The Morgan fingerprint density at radius 1 is 1.53 bits per heavy atom. The molecule has 94 valence electrons. The third kappa shape index (κ3) is 3.20. The van der Waals surface area contributed by atoms with Crippen LogP contribution in [0.3, 0.4) is 0 Å². The van der Waals surface area contributed by atoms with Crippen molar-refractivity contribution in [2.24, 2.45) is 0 Å². The zero-order valence-electron chi connectivity index (χ0n) is 10.6. The zero-order chi connectivity index (χ0) is 13.1. The van der Waals surface area contributed by atoms with E-state index in [1.165, 1.54) is 0 Å². The minimum atomic E-state index is -0.578. The Balaban J connectivity index is 2.90. The largest absolute Gasteiger partial charge is 0.399 e. The van der Waals surface area contributed by atoms with Gasteiger partial charge in [0.1, 0.15) is 0 Å². The maximum absolute atomic E-state index is 12.0. The number of nitrogens with one attached hydrogen (secondary N) is 1. The summed E-state index contributed by atoms with van der Waals surface area (Å²) in [7, 11) is 0. The fourth-order valence-electron chi connectivity index (χ4n) is 1.52. The first kappa shape index (κ1) is 13.5. The molecule has 0 saturated heterocycles. The van der Waals surface area contributed by atoms with E-state index in [0.717, 1.165) is 5.56 Å². The van der Waals surface area contributed by atoms with Crippen molar-refractivity contribution in [1.82, 2.24) is 5.32 Å². The van der Waals surface area contributed by atoms with Crippen LogP contribution in [0, 0.1) is 6.92 Å². The number of aliphatic hydroxyl groups excluding tert-OH is 1. The summed E-state index contributed by atoms with van der Waals surface area (Å²) in [6.45, 7) is 5.50. The number of aryl methyl sites for hydroxylation is 1. The lowest BCUT2D eigenvalue weighted by molar-refractivity contribution is 0.0847. The van der Waals surface area contributed by atoms with Crippen molar-refractivity contribution in [3.05, 3.63) is 29.3 Å². The van der Waals surface area contributed by atoms with Crippen LogP contribution in [-0.2, 0) is 0 Å². The number of nitrogen functional groups attached to an aromatic ring is 1. The average Bonchev–Trinajstić information content (AvgIpc) is 2.28. The van der Waals surface area contributed by atoms with E-state index in [0.29, 0.717) is 17.7 Å². The molecule has 1 aromatic carbocycles. The van der Waals surface area contributed by atoms with Gasteiger partial charge in [0.2, 0.25) is 0 Å². The number of carbonyl (C=O) groups is 1. The van der Waals surface area contributed by atoms with Crippen molar-refractivity contribution in [2.45, 2.75) is 32.7 Å². The highest BCUT2D eigenvalue weighted by Crippen LogP contribution is 2.15. The summed E-state index contributed by atoms with van der Waals surface area (Å²) in [6.07, 6.45) is 0.670. The van der Waals surface area contributed by atoms with Crippen LogP contribution < -0.4 is 11.1 Å². The molecule has 17 heavy (non-hydrogen) atoms. The molecule has 0 bridgehead atoms. The second-order valence-corrected chi connectivity index (χ2v) is 4.60. The van der Waals surface area contributed by atoms with E-state index in [2.05, 4.69) is 5.32 Å². The van der Waals surface area contributed by atoms with Crippen LogP contribution in [0.4, 0.5) is 5.69 Å². The summed E-state index contributed by atoms with van der Waals surface area (Å²) < 4.78 is 0. The second kappa shape index (κ2) is 5.19. The van der Waals surface area contributed by atoms with E-state index in [1.54, 1.807) is 18.2 Å². The summed E-state index contributed by atoms with van der Waals surface area (Å²) >= 11 is 0. The highest BCUT2D eigenvalue weighted by Gasteiger charge is 2.24. The third-order valence-corrected chi connectivity index (χ3v) is 3.04. The number of hydrogen-bond acceptors (Lipinski definition) is 3. The Bertz CT molecular complexity index is 412. The van der Waals surface area contributed by atoms with Gasteiger partial charge < -0.3 is 16.2 Å². The van der Waals surface area contributed by atoms with E-state index in [-0.39, 0.29) is 12.5 Å². The van der Waals surface area contributed by atoms with Gasteiger partial charge in [-0.3, -0.25) is 4.79 Å². The topological polar surface area (TPSA) is 75.3 Å². The Hall–Kier alpha value is -1.55. The van der Waals surface area contributed by atoms with Crippen LogP contribution in [0.2, 0.25) is 0 Å². The van der Waals surface area contributed by atoms with Gasteiger partial charge in [-0.1, -0.05) is 6.92 Å². The molecule has 0 saturated carbocycles. The van der Waals surface area contributed by atoms with Crippen molar-refractivity contribution < 1.29 is 9.90 Å². The number of rotatable bonds is 4. The lowest BCUT2D eigenvalue weighted by atomic mass is 9.98. The van der Waals surface area contributed by atoms with Crippen LogP contribution in [-0.4, -0.2) is 23.2 Å². The molecule has 4 nitrogen and oxygen atoms in total. The first-order valence-electron chi connectivity index (χ1n) is 5.71. The van der Waals surface area contributed by atoms with Crippen LogP contribution >= 0.6 is 0 Å². The Morgan fingerprint density at radius 2 is 2.18 bits per heavy atom. The molecule has 0 radical (unpaired) electrons. The molecule has 0 aliphatic heterocycles. The van der Waals surface area contributed by atoms with Crippen LogP contribution in [0.15, 0.2) is 18.2 Å². The second-order valence-electron chi connectivity index (χ2n) is 4.60. The summed E-state index contributed by atoms with van der Waals surface area (Å²) in [5, 5.41) is 12.1. The number of nitrogens with two attached hydrogens (primary N) is 1. The van der Waals surface area contributed by atoms with Crippen molar-refractivity contribution in [1.29, 1.82) is 0 Å². The zero-order valence-corrected chi connectivity index (χ0v) is 10.6. The molecular formula is C13H20N2O2. The molecule has 4 N–H and O–H groups in total. The summed E-state index contributed by atoms with van der Waals surface area (Å²) in [5.74, 6) is -0.180. The Kier molecular flexibility index (Phi) is 4.12. The molecule has 0 aliphatic carbocycles. The molecule has 1 rings (SSSR count). The van der Waals surface area contributed by atoms with Gasteiger partial charge in [-0.05, 0) is 44.0 Å². The summed E-state index contributed by atoms with van der Waals surface area (Å²) in [6, 6.07) is 5.16. The smallest absolute Gasteiger partial charge is 0.252 e. The van der Waals surface area contributed by atoms with Gasteiger partial charge in [0.25, 0.3) is 5.91 Å². The number of hydrogen-bond donors (Lipinski definition) is 3. The molecule has 0 aliphatic rings. The maximum atomic E-state index is 12.0. The molecular weight excluding hydrogens is 216 g/mol. The molecule has 4 heteroatoms. The van der Waals surface area contributed by atoms with Gasteiger partial charge in [0, 0.05) is 11.3 Å². The van der Waals surface area contributed by atoms with Gasteiger partial charge in [-0.2, -0.15) is 0 Å². The minimum absolute atomic E-state index is 0.0801. The van der Waals surface area contributed by atoms with Gasteiger partial charge in [-0.25, -0.2) is 0 Å². The summed E-state index contributed by atoms with van der Waals surface area (Å²) in [5.41, 5.74) is 7.12. The standard InChI is InChI=1S/C13H20N2O2/c1-4-13(3,8-16)15-12(17)11-6-5-10(14)7-9(11)2/h5-7,16H,4,8,14H2,1-3H3,(H,15,17). The lowest BCUT2D eigenvalue weighted by Crippen LogP contribution is -2.48. The summed E-state index contributed by atoms with van der Waals surface area (Å²) in [4.78, 5) is 12.0. The van der Waals surface area contributed by atoms with E-state index < -0.39 is 5.54 Å². The number of benzene rings is 1. The molecule has 0 fully saturated rings. The number of aliphatic hydroxyl groups is 1. The molecule has 1 aromatic rings. The Labute approximate surface area is 102 Å². The highest BCUT2D eigenvalue weighted by molar-refractivity contribution is 5.96. The monoisotopic (exact) mass is 236 g/mol. The highest BCUT2D eigenvalue weighted by atomic mass is 16.3. The van der Waals surface area contributed by atoms with E-state index in [4.69, 9.17) is 5.73 Å². The fourth-order valence-corrected chi connectivity index (χ4v) is 1.52. The van der Waals surface area contributed by atoms with Gasteiger partial charge in [-0.15, -0.1) is 0 Å². The Morgan fingerprint density at radius 3 is 2.65 bits per heavy atom. The van der Waals surface area contributed by atoms with Crippen LogP contribution in [0.5, 0.6) is 0 Å². The molecule has 0 heterocycles. The predicted molar refractivity (Wildman–Crippen MR) is 68.8 cm³/mol. The molecule has 0 spiro atoms. The number of carbonyl (C=O) groups excluding carboxylic acids is 1.